The Labute approximate surface area is 75.5 Å². The van der Waals surface area contributed by atoms with E-state index < -0.39 is 0 Å². The van der Waals surface area contributed by atoms with Gasteiger partial charge in [0.25, 0.3) is 0 Å². The van der Waals surface area contributed by atoms with Crippen molar-refractivity contribution >= 4 is 17.2 Å². The van der Waals surface area contributed by atoms with Gasteiger partial charge in [-0.3, -0.25) is 4.79 Å². The first-order chi connectivity index (χ1) is 6.35. The summed E-state index contributed by atoms with van der Waals surface area (Å²) in [5.41, 5.74) is 1.57. The fourth-order valence-corrected chi connectivity index (χ4v) is 1.35. The number of carbonyl (C=O) groups is 1. The molecule has 0 aliphatic heterocycles. The first-order valence-electron chi connectivity index (χ1n) is 3.96. The number of nitrogens with zero attached hydrogens (tertiary/aromatic N) is 1. The SMILES string of the molecule is COn1ccc2ccc(C=O)cc21. The summed E-state index contributed by atoms with van der Waals surface area (Å²) in [5.74, 6) is 0. The minimum absolute atomic E-state index is 0.657. The molecule has 0 aliphatic carbocycles. The lowest BCUT2D eigenvalue weighted by Crippen LogP contribution is -2.02. The molecule has 0 amide bonds. The van der Waals surface area contributed by atoms with Gasteiger partial charge in [-0.15, -0.1) is 0 Å². The molecule has 3 nitrogen and oxygen atoms in total. The van der Waals surface area contributed by atoms with Crippen molar-refractivity contribution in [1.82, 2.24) is 4.73 Å². The van der Waals surface area contributed by atoms with Crippen molar-refractivity contribution in [1.29, 1.82) is 0 Å². The lowest BCUT2D eigenvalue weighted by atomic mass is 10.2. The van der Waals surface area contributed by atoms with E-state index in [0.29, 0.717) is 5.56 Å². The van der Waals surface area contributed by atoms with E-state index in [4.69, 9.17) is 4.84 Å². The summed E-state index contributed by atoms with van der Waals surface area (Å²) in [4.78, 5) is 15.6. The zero-order chi connectivity index (χ0) is 9.26. The molecule has 1 aromatic carbocycles. The van der Waals surface area contributed by atoms with Crippen molar-refractivity contribution in [3.63, 3.8) is 0 Å². The molecule has 0 saturated heterocycles. The smallest absolute Gasteiger partial charge is 0.150 e. The van der Waals surface area contributed by atoms with E-state index in [-0.39, 0.29) is 0 Å². The van der Waals surface area contributed by atoms with Crippen LogP contribution in [0.4, 0.5) is 0 Å². The lowest BCUT2D eigenvalue weighted by Gasteiger charge is -2.01. The number of fused-ring (bicyclic) bond motifs is 1. The second-order valence-electron chi connectivity index (χ2n) is 2.76. The van der Waals surface area contributed by atoms with E-state index in [0.717, 1.165) is 17.2 Å². The van der Waals surface area contributed by atoms with Crippen LogP contribution < -0.4 is 4.84 Å². The Kier molecular flexibility index (Phi) is 1.77. The highest BCUT2D eigenvalue weighted by Crippen LogP contribution is 2.15. The van der Waals surface area contributed by atoms with Crippen molar-refractivity contribution in [3.8, 4) is 0 Å². The number of carbonyl (C=O) groups excluding carboxylic acids is 1. The van der Waals surface area contributed by atoms with Crippen LogP contribution in [0.3, 0.4) is 0 Å². The molecular weight excluding hydrogens is 166 g/mol. The molecule has 0 saturated carbocycles. The Balaban J connectivity index is 2.71. The van der Waals surface area contributed by atoms with Crippen LogP contribution >= 0.6 is 0 Å². The number of hydrogen-bond acceptors (Lipinski definition) is 2. The van der Waals surface area contributed by atoms with E-state index in [1.54, 1.807) is 24.0 Å². The molecular formula is C10H9NO2. The quantitative estimate of drug-likeness (QED) is 0.648. The summed E-state index contributed by atoms with van der Waals surface area (Å²) in [5, 5.41) is 1.06. The highest BCUT2D eigenvalue weighted by atomic mass is 16.6. The maximum Gasteiger partial charge on any atom is 0.150 e. The molecule has 0 radical (unpaired) electrons. The van der Waals surface area contributed by atoms with Gasteiger partial charge in [-0.2, -0.15) is 4.73 Å². The number of rotatable bonds is 2. The van der Waals surface area contributed by atoms with E-state index in [9.17, 15) is 4.79 Å². The molecule has 1 heterocycles. The highest BCUT2D eigenvalue weighted by molar-refractivity contribution is 5.87. The van der Waals surface area contributed by atoms with Crippen LogP contribution in [0.25, 0.3) is 10.9 Å². The minimum Gasteiger partial charge on any atom is -0.417 e. The Bertz CT molecular complexity index is 445. The van der Waals surface area contributed by atoms with Crippen LogP contribution in [0.15, 0.2) is 30.5 Å². The predicted molar refractivity (Wildman–Crippen MR) is 49.8 cm³/mol. The predicted octanol–water partition coefficient (Wildman–Crippen LogP) is 1.51. The summed E-state index contributed by atoms with van der Waals surface area (Å²) >= 11 is 0. The molecule has 13 heavy (non-hydrogen) atoms. The fraction of sp³-hybridized carbons (Fsp3) is 0.100. The second kappa shape index (κ2) is 2.94. The van der Waals surface area contributed by atoms with E-state index in [2.05, 4.69) is 0 Å². The lowest BCUT2D eigenvalue weighted by molar-refractivity contribution is 0.112. The van der Waals surface area contributed by atoms with Crippen molar-refractivity contribution in [3.05, 3.63) is 36.0 Å². The average molecular weight is 175 g/mol. The van der Waals surface area contributed by atoms with Gasteiger partial charge in [0.05, 0.1) is 5.52 Å². The van der Waals surface area contributed by atoms with Crippen molar-refractivity contribution in [2.75, 3.05) is 7.11 Å². The van der Waals surface area contributed by atoms with Crippen LogP contribution in [0.1, 0.15) is 10.4 Å². The zero-order valence-corrected chi connectivity index (χ0v) is 7.23. The Morgan fingerprint density at radius 1 is 1.38 bits per heavy atom. The highest BCUT2D eigenvalue weighted by Gasteiger charge is 2.00. The Morgan fingerprint density at radius 2 is 2.23 bits per heavy atom. The van der Waals surface area contributed by atoms with Gasteiger partial charge in [-0.25, -0.2) is 0 Å². The maximum absolute atomic E-state index is 10.5. The van der Waals surface area contributed by atoms with Crippen molar-refractivity contribution in [2.45, 2.75) is 0 Å². The molecule has 2 aromatic rings. The molecule has 1 aromatic heterocycles. The van der Waals surface area contributed by atoms with E-state index in [1.807, 2.05) is 18.3 Å². The van der Waals surface area contributed by atoms with Gasteiger partial charge in [0.15, 0.2) is 0 Å². The van der Waals surface area contributed by atoms with Gasteiger partial charge in [-0.05, 0) is 12.1 Å². The third-order valence-electron chi connectivity index (χ3n) is 2.01. The van der Waals surface area contributed by atoms with Gasteiger partial charge in [0.1, 0.15) is 13.4 Å². The molecule has 3 heteroatoms. The molecule has 0 fully saturated rings. The zero-order valence-electron chi connectivity index (χ0n) is 7.23. The van der Waals surface area contributed by atoms with Crippen LogP contribution in [-0.4, -0.2) is 18.1 Å². The van der Waals surface area contributed by atoms with Gasteiger partial charge in [-0.1, -0.05) is 12.1 Å². The molecule has 2 rings (SSSR count). The largest absolute Gasteiger partial charge is 0.417 e. The monoisotopic (exact) mass is 175 g/mol. The number of hydrogen-bond donors (Lipinski definition) is 0. The Morgan fingerprint density at radius 3 is 2.92 bits per heavy atom. The van der Waals surface area contributed by atoms with Crippen LogP contribution in [-0.2, 0) is 0 Å². The minimum atomic E-state index is 0.657. The normalized spacial score (nSPS) is 10.2. The standard InChI is InChI=1S/C10H9NO2/c1-13-11-5-4-9-3-2-8(7-12)6-10(9)11/h2-7H,1H3. The van der Waals surface area contributed by atoms with Crippen molar-refractivity contribution in [2.24, 2.45) is 0 Å². The average Bonchev–Trinajstić information content (AvgIpc) is 2.59. The number of benzene rings is 1. The number of aldehydes is 1. The summed E-state index contributed by atoms with van der Waals surface area (Å²) in [6.07, 6.45) is 2.64. The molecule has 0 bridgehead atoms. The topological polar surface area (TPSA) is 31.2 Å². The van der Waals surface area contributed by atoms with Crippen LogP contribution in [0.5, 0.6) is 0 Å². The van der Waals surface area contributed by atoms with Gasteiger partial charge in [0, 0.05) is 17.1 Å². The third kappa shape index (κ3) is 1.18. The van der Waals surface area contributed by atoms with E-state index in [1.165, 1.54) is 0 Å². The van der Waals surface area contributed by atoms with Gasteiger partial charge in [0.2, 0.25) is 0 Å². The maximum atomic E-state index is 10.5. The molecule has 66 valence electrons. The summed E-state index contributed by atoms with van der Waals surface area (Å²) in [7, 11) is 1.59. The molecule has 0 aliphatic rings. The summed E-state index contributed by atoms with van der Waals surface area (Å²) in [6, 6.07) is 7.42. The summed E-state index contributed by atoms with van der Waals surface area (Å²) in [6.45, 7) is 0. The van der Waals surface area contributed by atoms with E-state index >= 15 is 0 Å². The first kappa shape index (κ1) is 7.86. The molecule has 0 unspecified atom stereocenters. The Hall–Kier alpha value is -1.77. The second-order valence-corrected chi connectivity index (χ2v) is 2.76. The third-order valence-corrected chi connectivity index (χ3v) is 2.01. The molecule has 0 N–H and O–H groups in total. The van der Waals surface area contributed by atoms with Crippen LogP contribution in [0.2, 0.25) is 0 Å². The fourth-order valence-electron chi connectivity index (χ4n) is 1.35. The first-order valence-corrected chi connectivity index (χ1v) is 3.96. The van der Waals surface area contributed by atoms with Crippen molar-refractivity contribution < 1.29 is 9.63 Å². The van der Waals surface area contributed by atoms with Crippen LogP contribution in [0, 0.1) is 0 Å². The molecule has 0 spiro atoms. The van der Waals surface area contributed by atoms with Gasteiger partial charge >= 0.3 is 0 Å². The molecule has 0 atom stereocenters. The summed E-state index contributed by atoms with van der Waals surface area (Å²) < 4.78 is 1.63. The number of aromatic nitrogens is 1. The van der Waals surface area contributed by atoms with Gasteiger partial charge < -0.3 is 4.84 Å².